The number of nitriles is 1. The van der Waals surface area contributed by atoms with Crippen molar-refractivity contribution in [3.05, 3.63) is 41.0 Å². The fourth-order valence-electron chi connectivity index (χ4n) is 1.66. The SMILES string of the molecule is N#Cc1cn(F)c(SC(Cl)Cl)c1-c1ccccc1Cl. The Morgan fingerprint density at radius 3 is 2.58 bits per heavy atom. The summed E-state index contributed by atoms with van der Waals surface area (Å²) in [4.78, 5) is 0.333. The van der Waals surface area contributed by atoms with Crippen LogP contribution >= 0.6 is 46.6 Å². The summed E-state index contributed by atoms with van der Waals surface area (Å²) in [6.45, 7) is 0. The summed E-state index contributed by atoms with van der Waals surface area (Å²) in [5.74, 6) is 0. The maximum atomic E-state index is 13.8. The Morgan fingerprint density at radius 2 is 2.00 bits per heavy atom. The van der Waals surface area contributed by atoms with E-state index in [-0.39, 0.29) is 10.6 Å². The number of nitrogens with zero attached hydrogens (tertiary/aromatic N) is 2. The Labute approximate surface area is 128 Å². The van der Waals surface area contributed by atoms with Crippen molar-refractivity contribution in [2.45, 2.75) is 9.19 Å². The zero-order valence-corrected chi connectivity index (χ0v) is 12.4. The van der Waals surface area contributed by atoms with Crippen LogP contribution in [0.4, 0.5) is 4.48 Å². The molecule has 2 nitrogen and oxygen atoms in total. The van der Waals surface area contributed by atoms with Gasteiger partial charge in [-0.3, -0.25) is 0 Å². The number of hydrogen-bond donors (Lipinski definition) is 0. The van der Waals surface area contributed by atoms with Crippen LogP contribution in [0.3, 0.4) is 0 Å². The van der Waals surface area contributed by atoms with Gasteiger partial charge in [0, 0.05) is 16.1 Å². The van der Waals surface area contributed by atoms with Crippen molar-refractivity contribution in [3.63, 3.8) is 0 Å². The van der Waals surface area contributed by atoms with Crippen LogP contribution in [0.25, 0.3) is 11.1 Å². The molecular weight excluding hydrogens is 330 g/mol. The highest BCUT2D eigenvalue weighted by Crippen LogP contribution is 2.42. The molecule has 7 heteroatoms. The molecule has 0 fully saturated rings. The molecule has 0 aliphatic carbocycles. The van der Waals surface area contributed by atoms with Crippen molar-refractivity contribution in [1.29, 1.82) is 5.26 Å². The molecule has 0 bridgehead atoms. The first-order valence-corrected chi connectivity index (χ1v) is 7.19. The predicted molar refractivity (Wildman–Crippen MR) is 77.5 cm³/mol. The minimum absolute atomic E-state index is 0.152. The average molecular weight is 336 g/mol. The molecule has 0 spiro atoms. The summed E-state index contributed by atoms with van der Waals surface area (Å²) in [6.07, 6.45) is 1.08. The van der Waals surface area contributed by atoms with Crippen LogP contribution in [0.5, 0.6) is 0 Å². The van der Waals surface area contributed by atoms with E-state index >= 15 is 0 Å². The monoisotopic (exact) mass is 334 g/mol. The Bertz CT molecular complexity index is 649. The summed E-state index contributed by atoms with van der Waals surface area (Å²) < 4.78 is 13.0. The van der Waals surface area contributed by atoms with Crippen LogP contribution in [0.1, 0.15) is 5.56 Å². The van der Waals surface area contributed by atoms with Gasteiger partial charge in [-0.15, -0.1) is 0 Å². The minimum atomic E-state index is -0.850. The highest BCUT2D eigenvalue weighted by atomic mass is 35.5. The Kier molecular flexibility index (Phi) is 4.64. The maximum absolute atomic E-state index is 13.8. The van der Waals surface area contributed by atoms with E-state index in [1.165, 1.54) is 0 Å². The standard InChI is InChI=1S/C12H6Cl3FN2S/c13-9-4-2-1-3-8(9)10-7(5-17)6-18(16)11(10)19-12(14)15/h1-4,6,12H. The average Bonchev–Trinajstić information content (AvgIpc) is 2.66. The van der Waals surface area contributed by atoms with E-state index in [9.17, 15) is 4.48 Å². The molecule has 2 rings (SSSR count). The summed E-state index contributed by atoms with van der Waals surface area (Å²) >= 11 is 18.3. The maximum Gasteiger partial charge on any atom is 0.158 e. The van der Waals surface area contributed by atoms with Crippen LogP contribution < -0.4 is 0 Å². The third kappa shape index (κ3) is 3.01. The molecule has 0 unspecified atom stereocenters. The third-order valence-corrected chi connectivity index (χ3v) is 4.03. The molecule has 1 aromatic heterocycles. The van der Waals surface area contributed by atoms with Gasteiger partial charge in [-0.2, -0.15) is 10.1 Å². The van der Waals surface area contributed by atoms with E-state index in [1.54, 1.807) is 24.3 Å². The quantitative estimate of drug-likeness (QED) is 0.565. The number of alkyl halides is 2. The second-order valence-electron chi connectivity index (χ2n) is 3.50. The molecule has 0 aliphatic rings. The Balaban J connectivity index is 2.67. The topological polar surface area (TPSA) is 28.7 Å². The van der Waals surface area contributed by atoms with Gasteiger partial charge >= 0.3 is 0 Å². The van der Waals surface area contributed by atoms with Crippen LogP contribution in [-0.4, -0.2) is 8.96 Å². The lowest BCUT2D eigenvalue weighted by Crippen LogP contribution is -1.89. The van der Waals surface area contributed by atoms with Gasteiger partial charge in [-0.25, -0.2) is 0 Å². The van der Waals surface area contributed by atoms with Gasteiger partial charge in [0.15, 0.2) is 4.17 Å². The van der Waals surface area contributed by atoms with Gasteiger partial charge < -0.3 is 0 Å². The molecule has 0 saturated heterocycles. The zero-order valence-electron chi connectivity index (χ0n) is 9.28. The molecule has 0 radical (unpaired) electrons. The lowest BCUT2D eigenvalue weighted by molar-refractivity contribution is 0.339. The van der Waals surface area contributed by atoms with E-state index in [4.69, 9.17) is 40.1 Å². The van der Waals surface area contributed by atoms with E-state index in [0.29, 0.717) is 20.9 Å². The highest BCUT2D eigenvalue weighted by molar-refractivity contribution is 8.02. The van der Waals surface area contributed by atoms with Gasteiger partial charge in [0.2, 0.25) is 0 Å². The number of thioether (sulfide) groups is 1. The Morgan fingerprint density at radius 1 is 1.32 bits per heavy atom. The molecule has 2 aromatic rings. The molecular formula is C12H6Cl3FN2S. The second-order valence-corrected chi connectivity index (χ2v) is 6.62. The highest BCUT2D eigenvalue weighted by Gasteiger charge is 2.21. The largest absolute Gasteiger partial charge is 0.192 e. The van der Waals surface area contributed by atoms with Crippen LogP contribution in [0, 0.1) is 11.3 Å². The molecule has 0 amide bonds. The molecule has 1 heterocycles. The summed E-state index contributed by atoms with van der Waals surface area (Å²) in [5.41, 5.74) is 1.13. The molecule has 0 saturated carbocycles. The van der Waals surface area contributed by atoms with Crippen LogP contribution in [-0.2, 0) is 0 Å². The fraction of sp³-hybridized carbons (Fsp3) is 0.0833. The van der Waals surface area contributed by atoms with Crippen LogP contribution in [0.2, 0.25) is 5.02 Å². The van der Waals surface area contributed by atoms with Crippen molar-refractivity contribution in [2.24, 2.45) is 0 Å². The number of halogens is 4. The number of benzene rings is 1. The Hall–Kier alpha value is -0.860. The number of aromatic nitrogens is 1. The zero-order chi connectivity index (χ0) is 14.0. The number of hydrogen-bond acceptors (Lipinski definition) is 2. The van der Waals surface area contributed by atoms with Crippen molar-refractivity contribution < 1.29 is 4.48 Å². The van der Waals surface area contributed by atoms with Gasteiger partial charge in [0.1, 0.15) is 11.1 Å². The lowest BCUT2D eigenvalue weighted by Gasteiger charge is -2.07. The first kappa shape index (κ1) is 14.5. The first-order valence-electron chi connectivity index (χ1n) is 5.06. The van der Waals surface area contributed by atoms with Crippen molar-refractivity contribution in [2.75, 3.05) is 0 Å². The van der Waals surface area contributed by atoms with Gasteiger partial charge in [0.05, 0.1) is 11.8 Å². The molecule has 0 N–H and O–H groups in total. The van der Waals surface area contributed by atoms with Gasteiger partial charge in [0.25, 0.3) is 0 Å². The number of rotatable bonds is 3. The van der Waals surface area contributed by atoms with Crippen LogP contribution in [0.15, 0.2) is 35.5 Å². The lowest BCUT2D eigenvalue weighted by atomic mass is 10.1. The van der Waals surface area contributed by atoms with E-state index in [0.717, 1.165) is 18.0 Å². The predicted octanol–water partition coefficient (Wildman–Crippen LogP) is 5.27. The van der Waals surface area contributed by atoms with Crippen molar-refractivity contribution >= 4 is 46.6 Å². The second kappa shape index (κ2) is 6.06. The third-order valence-electron chi connectivity index (χ3n) is 2.38. The fourth-order valence-corrected chi connectivity index (χ4v) is 3.06. The summed E-state index contributed by atoms with van der Waals surface area (Å²) in [5, 5.41) is 9.67. The van der Waals surface area contributed by atoms with E-state index in [1.807, 2.05) is 6.07 Å². The van der Waals surface area contributed by atoms with Crippen molar-refractivity contribution in [3.8, 4) is 17.2 Å². The summed E-state index contributed by atoms with van der Waals surface area (Å²) in [6, 6.07) is 8.82. The molecule has 0 aliphatic heterocycles. The molecule has 98 valence electrons. The molecule has 19 heavy (non-hydrogen) atoms. The smallest absolute Gasteiger partial charge is 0.158 e. The minimum Gasteiger partial charge on any atom is -0.192 e. The van der Waals surface area contributed by atoms with Gasteiger partial charge in [-0.05, 0) is 6.07 Å². The normalized spacial score (nSPS) is 10.7. The molecule has 1 aromatic carbocycles. The van der Waals surface area contributed by atoms with E-state index < -0.39 is 4.17 Å². The first-order chi connectivity index (χ1) is 9.04. The van der Waals surface area contributed by atoms with Gasteiger partial charge in [-0.1, -0.05) is 69.2 Å². The van der Waals surface area contributed by atoms with Crippen molar-refractivity contribution in [1.82, 2.24) is 4.79 Å². The van der Waals surface area contributed by atoms with E-state index in [2.05, 4.69) is 0 Å². The summed E-state index contributed by atoms with van der Waals surface area (Å²) in [7, 11) is 0. The molecule has 0 atom stereocenters.